The number of ketones is 1. The molecule has 193 valence electrons. The van der Waals surface area contributed by atoms with Crippen LogP contribution in [0.4, 0.5) is 0 Å². The van der Waals surface area contributed by atoms with Gasteiger partial charge in [-0.3, -0.25) is 4.79 Å². The van der Waals surface area contributed by atoms with Crippen molar-refractivity contribution in [1.29, 1.82) is 0 Å². The van der Waals surface area contributed by atoms with Crippen molar-refractivity contribution >= 4 is 49.3 Å². The van der Waals surface area contributed by atoms with Gasteiger partial charge in [-0.15, -0.1) is 29.5 Å². The van der Waals surface area contributed by atoms with Crippen LogP contribution in [0.2, 0.25) is 0 Å². The smallest absolute Gasteiger partial charge is 0.216 e. The van der Waals surface area contributed by atoms with E-state index in [9.17, 15) is 4.79 Å². The zero-order valence-electron chi connectivity index (χ0n) is 21.3. The fraction of sp³-hybridized carbons (Fsp3) is 0.129. The quantitative estimate of drug-likeness (QED) is 0.114. The monoisotopic (exact) mass is 698 g/mol. The number of carbonyl (C=O) groups is 1. The predicted molar refractivity (Wildman–Crippen MR) is 151 cm³/mol. The Morgan fingerprint density at radius 1 is 1.03 bits per heavy atom. The van der Waals surface area contributed by atoms with Gasteiger partial charge in [-0.2, -0.15) is 0 Å². The average Bonchev–Trinajstić information content (AvgIpc) is 3.44. The Morgan fingerprint density at radius 2 is 1.79 bits per heavy atom. The molecule has 0 spiro atoms. The van der Waals surface area contributed by atoms with Gasteiger partial charge < -0.3 is 14.5 Å². The molecule has 0 atom stereocenters. The molecule has 0 aliphatic heterocycles. The zero-order chi connectivity index (χ0) is 26.1. The van der Waals surface area contributed by atoms with E-state index in [-0.39, 0.29) is 31.6 Å². The minimum absolute atomic E-state index is 0. The second kappa shape index (κ2) is 11.4. The van der Waals surface area contributed by atoms with Crippen LogP contribution in [-0.4, -0.2) is 20.9 Å². The summed E-state index contributed by atoms with van der Waals surface area (Å²) in [7, 11) is 0. The first kappa shape index (κ1) is 27.4. The summed E-state index contributed by atoms with van der Waals surface area (Å²) in [5.74, 6) is -0.0625. The number of benzene rings is 2. The van der Waals surface area contributed by atoms with Crippen LogP contribution in [-0.2, 0) is 24.9 Å². The molecular weight excluding hydrogens is 673 g/mol. The van der Waals surface area contributed by atoms with Crippen molar-refractivity contribution in [3.05, 3.63) is 96.0 Å². The fourth-order valence-electron chi connectivity index (χ4n) is 4.14. The first-order chi connectivity index (χ1) is 17.8. The van der Waals surface area contributed by atoms with E-state index in [1.165, 1.54) is 46.0 Å². The molecule has 4 heterocycles. The van der Waals surface area contributed by atoms with Gasteiger partial charge in [0.15, 0.2) is 5.78 Å². The fourth-order valence-corrected chi connectivity index (χ4v) is 5.16. The first-order valence-electron chi connectivity index (χ1n) is 11.8. The number of furan rings is 1. The number of aromatic nitrogens is 2. The van der Waals surface area contributed by atoms with E-state index in [0.29, 0.717) is 5.71 Å². The average molecular weight is 698 g/mol. The van der Waals surface area contributed by atoms with Gasteiger partial charge in [0.2, 0.25) is 5.71 Å². The standard InChI is InChI=1S/C26H17N2OS.C5H8O2.Ir/c1-15-6-9-17(10-7-15)23-13-18-12-22(27-14-24(18)30-23)21-5-3-4-19-20-11-8-16(2)28-26(20)29-25(19)21;1-4(6)3-5(2)7;/h3-4,6-14H,1-2H3;3,6H,1-2H3;/q-1;;/b;4-3-;. The summed E-state index contributed by atoms with van der Waals surface area (Å²) in [4.78, 5) is 20.5. The van der Waals surface area contributed by atoms with Crippen molar-refractivity contribution in [2.24, 2.45) is 0 Å². The molecule has 6 rings (SSSR count). The van der Waals surface area contributed by atoms with Crippen LogP contribution < -0.4 is 0 Å². The predicted octanol–water partition coefficient (Wildman–Crippen LogP) is 8.38. The van der Waals surface area contributed by atoms with E-state index in [4.69, 9.17) is 14.5 Å². The number of hydrogen-bond acceptors (Lipinski definition) is 6. The van der Waals surface area contributed by atoms with E-state index in [1.54, 1.807) is 11.3 Å². The van der Waals surface area contributed by atoms with E-state index in [0.717, 1.165) is 33.3 Å². The topological polar surface area (TPSA) is 76.2 Å². The molecule has 7 heteroatoms. The molecule has 0 unspecified atom stereocenters. The molecule has 0 amide bonds. The molecule has 0 fully saturated rings. The summed E-state index contributed by atoms with van der Waals surface area (Å²) in [6, 6.07) is 24.4. The van der Waals surface area contributed by atoms with Gasteiger partial charge in [-0.25, -0.2) is 4.98 Å². The summed E-state index contributed by atoms with van der Waals surface area (Å²) in [5, 5.41) is 11.6. The zero-order valence-corrected chi connectivity index (χ0v) is 24.5. The third kappa shape index (κ3) is 5.76. The van der Waals surface area contributed by atoms with Gasteiger partial charge in [0.1, 0.15) is 0 Å². The van der Waals surface area contributed by atoms with Crippen molar-refractivity contribution in [1.82, 2.24) is 9.97 Å². The maximum absolute atomic E-state index is 10.0. The second-order valence-electron chi connectivity index (χ2n) is 8.98. The number of fused-ring (bicyclic) bond motifs is 4. The molecule has 4 aromatic heterocycles. The summed E-state index contributed by atoms with van der Waals surface area (Å²) in [5.41, 5.74) is 6.60. The molecule has 1 radical (unpaired) electrons. The largest absolute Gasteiger partial charge is 0.512 e. The molecule has 1 N–H and O–H groups in total. The van der Waals surface area contributed by atoms with Crippen molar-refractivity contribution < 1.29 is 34.4 Å². The van der Waals surface area contributed by atoms with Crippen molar-refractivity contribution in [2.75, 3.05) is 0 Å². The molecule has 0 aliphatic rings. The molecule has 0 saturated heterocycles. The number of aliphatic hydroxyl groups is 1. The molecule has 5 nitrogen and oxygen atoms in total. The number of aryl methyl sites for hydroxylation is 2. The van der Waals surface area contributed by atoms with Crippen molar-refractivity contribution in [3.8, 4) is 21.7 Å². The SMILES string of the molecule is CC(=O)/C=C(/C)O.Cc1ccc(-c2cc3cc(-c4[c-]ccc5c4oc4nc(C)ccc45)ncc3s2)cc1.[Ir]. The maximum atomic E-state index is 10.0. The van der Waals surface area contributed by atoms with E-state index >= 15 is 0 Å². The first-order valence-corrected chi connectivity index (χ1v) is 12.7. The minimum Gasteiger partial charge on any atom is -0.512 e. The van der Waals surface area contributed by atoms with E-state index in [2.05, 4.69) is 60.4 Å². The second-order valence-corrected chi connectivity index (χ2v) is 10.1. The number of hydrogen-bond donors (Lipinski definition) is 1. The molecule has 6 aromatic rings. The number of carbonyl (C=O) groups excluding carboxylic acids is 1. The number of aliphatic hydroxyl groups excluding tert-OH is 1. The number of rotatable bonds is 3. The molecule has 0 bridgehead atoms. The van der Waals surface area contributed by atoms with E-state index in [1.807, 2.05) is 31.3 Å². The van der Waals surface area contributed by atoms with Crippen LogP contribution in [0.15, 0.2) is 83.1 Å². The van der Waals surface area contributed by atoms with Crippen LogP contribution in [0.3, 0.4) is 0 Å². The van der Waals surface area contributed by atoms with E-state index < -0.39 is 0 Å². The summed E-state index contributed by atoms with van der Waals surface area (Å²) < 4.78 is 7.31. The maximum Gasteiger partial charge on any atom is 0.216 e. The third-order valence-electron chi connectivity index (χ3n) is 5.85. The summed E-state index contributed by atoms with van der Waals surface area (Å²) >= 11 is 1.76. The van der Waals surface area contributed by atoms with Gasteiger partial charge in [-0.1, -0.05) is 46.8 Å². The molecule has 2 aromatic carbocycles. The third-order valence-corrected chi connectivity index (χ3v) is 6.98. The Hall–Kier alpha value is -3.64. The van der Waals surface area contributed by atoms with Gasteiger partial charge >= 0.3 is 0 Å². The van der Waals surface area contributed by atoms with Gasteiger partial charge in [0.25, 0.3) is 0 Å². The normalized spacial score (nSPS) is 11.3. The van der Waals surface area contributed by atoms with Crippen LogP contribution in [0, 0.1) is 19.9 Å². The van der Waals surface area contributed by atoms with Gasteiger partial charge in [0, 0.05) is 48.3 Å². The number of thiophene rings is 1. The molecule has 38 heavy (non-hydrogen) atoms. The van der Waals surface area contributed by atoms with Crippen LogP contribution >= 0.6 is 11.3 Å². The number of allylic oxidation sites excluding steroid dienone is 2. The number of nitrogens with zero attached hydrogens (tertiary/aromatic N) is 2. The molecule has 0 aliphatic carbocycles. The van der Waals surface area contributed by atoms with Crippen molar-refractivity contribution in [2.45, 2.75) is 27.7 Å². The number of pyridine rings is 2. The Labute approximate surface area is 238 Å². The van der Waals surface area contributed by atoms with Crippen molar-refractivity contribution in [3.63, 3.8) is 0 Å². The molecular formula is C31H25IrN2O3S-. The Bertz CT molecular complexity index is 1800. The Kier molecular flexibility index (Phi) is 8.22. The summed E-state index contributed by atoms with van der Waals surface area (Å²) in [6.07, 6.45) is 3.12. The van der Waals surface area contributed by atoms with Gasteiger partial charge in [0.05, 0.1) is 16.0 Å². The summed E-state index contributed by atoms with van der Waals surface area (Å²) in [6.45, 7) is 6.93. The van der Waals surface area contributed by atoms with Crippen LogP contribution in [0.5, 0.6) is 0 Å². The van der Waals surface area contributed by atoms with Crippen LogP contribution in [0.25, 0.3) is 53.9 Å². The van der Waals surface area contributed by atoms with Crippen LogP contribution in [0.1, 0.15) is 25.1 Å². The van der Waals surface area contributed by atoms with Gasteiger partial charge in [-0.05, 0) is 62.5 Å². The molecule has 0 saturated carbocycles. The Morgan fingerprint density at radius 3 is 2.47 bits per heavy atom. The minimum atomic E-state index is -0.125. The Balaban J connectivity index is 0.000000375.